The zero-order chi connectivity index (χ0) is 24.5. The number of fused-ring (bicyclic) bond motifs is 3. The van der Waals surface area contributed by atoms with Gasteiger partial charge < -0.3 is 10.6 Å². The van der Waals surface area contributed by atoms with Crippen LogP contribution in [0.4, 0.5) is 5.82 Å². The fourth-order valence-corrected chi connectivity index (χ4v) is 4.10. The van der Waals surface area contributed by atoms with Crippen molar-refractivity contribution in [3.8, 4) is 12.3 Å². The molecule has 0 fully saturated rings. The molecule has 1 unspecified atom stereocenters. The molecule has 0 bridgehead atoms. The summed E-state index contributed by atoms with van der Waals surface area (Å²) in [6.45, 7) is 2.15. The molecule has 4 heterocycles. The molecular formula is C26H22N8O. The first kappa shape index (κ1) is 22.0. The highest BCUT2D eigenvalue weighted by atomic mass is 16.2. The van der Waals surface area contributed by atoms with E-state index < -0.39 is 6.04 Å². The van der Waals surface area contributed by atoms with E-state index in [4.69, 9.17) is 12.2 Å². The number of terminal acetylenes is 1. The number of carbonyl (C=O) groups is 1. The lowest BCUT2D eigenvalue weighted by Crippen LogP contribution is -2.34. The molecule has 0 aliphatic heterocycles. The first-order valence-electron chi connectivity index (χ1n) is 11.0. The Bertz CT molecular complexity index is 1590. The largest absolute Gasteiger partial charge is 0.382 e. The van der Waals surface area contributed by atoms with Gasteiger partial charge in [0.1, 0.15) is 17.2 Å². The highest BCUT2D eigenvalue weighted by Crippen LogP contribution is 2.29. The molecule has 0 aliphatic rings. The second-order valence-electron chi connectivity index (χ2n) is 8.16. The van der Waals surface area contributed by atoms with E-state index in [2.05, 4.69) is 31.0 Å². The van der Waals surface area contributed by atoms with Crippen LogP contribution in [0.1, 0.15) is 40.4 Å². The van der Waals surface area contributed by atoms with Gasteiger partial charge in [-0.25, -0.2) is 15.0 Å². The average molecular weight is 463 g/mol. The number of carbonyl (C=O) groups excluding carboxylic acids is 1. The Kier molecular flexibility index (Phi) is 5.55. The van der Waals surface area contributed by atoms with Gasteiger partial charge in [0.25, 0.3) is 5.91 Å². The van der Waals surface area contributed by atoms with Crippen LogP contribution in [0.2, 0.25) is 0 Å². The predicted molar refractivity (Wildman–Crippen MR) is 133 cm³/mol. The number of aromatic nitrogens is 6. The fourth-order valence-electron chi connectivity index (χ4n) is 4.10. The van der Waals surface area contributed by atoms with Crippen LogP contribution in [0.25, 0.3) is 21.8 Å². The fraction of sp³-hybridized carbons (Fsp3) is 0.154. The molecule has 2 N–H and O–H groups in total. The third kappa shape index (κ3) is 4.02. The first-order valence-corrected chi connectivity index (χ1v) is 11.0. The topological polar surface area (TPSA) is 116 Å². The lowest BCUT2D eigenvalue weighted by atomic mass is 10.1. The SMILES string of the molecule is C#Cc1ccc(CN(C(=O)c2ccc3nc(N)c4c(cnn4C)c3c2)C(C)c2ncccn2)nc1. The maximum atomic E-state index is 13.9. The van der Waals surface area contributed by atoms with Crippen molar-refractivity contribution >= 4 is 33.5 Å². The molecule has 1 amide bonds. The minimum absolute atomic E-state index is 0.191. The Morgan fingerprint density at radius 1 is 1.14 bits per heavy atom. The monoisotopic (exact) mass is 462 g/mol. The Morgan fingerprint density at radius 3 is 2.66 bits per heavy atom. The van der Waals surface area contributed by atoms with Gasteiger partial charge in [0, 0.05) is 47.5 Å². The van der Waals surface area contributed by atoms with Crippen molar-refractivity contribution in [3.05, 3.63) is 83.8 Å². The van der Waals surface area contributed by atoms with Crippen LogP contribution >= 0.6 is 0 Å². The van der Waals surface area contributed by atoms with Crippen LogP contribution in [0, 0.1) is 12.3 Å². The number of anilines is 1. The second kappa shape index (κ2) is 8.83. The van der Waals surface area contributed by atoms with Gasteiger partial charge in [-0.05, 0) is 43.3 Å². The number of amides is 1. The molecule has 5 aromatic rings. The molecule has 5 rings (SSSR count). The Labute approximate surface area is 201 Å². The van der Waals surface area contributed by atoms with Gasteiger partial charge >= 0.3 is 0 Å². The van der Waals surface area contributed by atoms with Crippen LogP contribution in [-0.2, 0) is 13.6 Å². The van der Waals surface area contributed by atoms with Gasteiger partial charge in [0.15, 0.2) is 0 Å². The highest BCUT2D eigenvalue weighted by molar-refractivity contribution is 6.10. The molecule has 0 saturated heterocycles. The molecule has 9 heteroatoms. The molecule has 1 aromatic carbocycles. The van der Waals surface area contributed by atoms with Crippen molar-refractivity contribution in [1.82, 2.24) is 34.6 Å². The summed E-state index contributed by atoms with van der Waals surface area (Å²) in [7, 11) is 1.81. The summed E-state index contributed by atoms with van der Waals surface area (Å²) in [5, 5.41) is 5.95. The van der Waals surface area contributed by atoms with Crippen molar-refractivity contribution in [3.63, 3.8) is 0 Å². The number of rotatable bonds is 5. The molecule has 1 atom stereocenters. The second-order valence-corrected chi connectivity index (χ2v) is 8.16. The van der Waals surface area contributed by atoms with Crippen molar-refractivity contribution in [2.45, 2.75) is 19.5 Å². The molecule has 4 aromatic heterocycles. The summed E-state index contributed by atoms with van der Waals surface area (Å²) in [6.07, 6.45) is 12.1. The van der Waals surface area contributed by atoms with E-state index in [9.17, 15) is 4.79 Å². The third-order valence-corrected chi connectivity index (χ3v) is 5.97. The van der Waals surface area contributed by atoms with Crippen molar-refractivity contribution in [2.75, 3.05) is 5.73 Å². The van der Waals surface area contributed by atoms with Crippen molar-refractivity contribution < 1.29 is 4.79 Å². The number of nitrogens with zero attached hydrogens (tertiary/aromatic N) is 7. The zero-order valence-electron chi connectivity index (χ0n) is 19.3. The standard InChI is InChI=1S/C26H22N8O/c1-4-17-6-8-19(30-13-17)15-34(16(2)25-28-10-5-11-29-25)26(35)18-7-9-22-20(12-18)21-14-31-33(3)23(21)24(27)32-22/h1,5-14,16H,15H2,2-3H3,(H2,27,32). The molecule has 0 radical (unpaired) electrons. The van der Waals surface area contributed by atoms with Gasteiger partial charge in [0.2, 0.25) is 0 Å². The van der Waals surface area contributed by atoms with E-state index >= 15 is 0 Å². The number of hydrogen-bond acceptors (Lipinski definition) is 7. The molecule has 172 valence electrons. The maximum Gasteiger partial charge on any atom is 0.254 e. The minimum atomic E-state index is -0.406. The molecule has 35 heavy (non-hydrogen) atoms. The Hall–Kier alpha value is -4.84. The summed E-state index contributed by atoms with van der Waals surface area (Å²) >= 11 is 0. The number of hydrogen-bond donors (Lipinski definition) is 1. The van der Waals surface area contributed by atoms with Crippen molar-refractivity contribution in [2.24, 2.45) is 7.05 Å². The summed E-state index contributed by atoms with van der Waals surface area (Å²) in [6, 6.07) is 10.3. The lowest BCUT2D eigenvalue weighted by Gasteiger charge is -2.28. The zero-order valence-corrected chi connectivity index (χ0v) is 19.3. The summed E-state index contributed by atoms with van der Waals surface area (Å²) in [4.78, 5) is 33.2. The van der Waals surface area contributed by atoms with E-state index in [0.717, 1.165) is 16.3 Å². The predicted octanol–water partition coefficient (Wildman–Crippen LogP) is 3.27. The number of aryl methyl sites for hydroxylation is 1. The third-order valence-electron chi connectivity index (χ3n) is 5.97. The molecule has 0 spiro atoms. The van der Waals surface area contributed by atoms with E-state index in [1.807, 2.05) is 26.1 Å². The van der Waals surface area contributed by atoms with Gasteiger partial charge in [-0.15, -0.1) is 6.42 Å². The highest BCUT2D eigenvalue weighted by Gasteiger charge is 2.26. The number of nitrogens with two attached hydrogens (primary N) is 1. The van der Waals surface area contributed by atoms with E-state index in [1.165, 1.54) is 0 Å². The van der Waals surface area contributed by atoms with Gasteiger partial charge in [0.05, 0.1) is 30.0 Å². The number of benzene rings is 1. The summed E-state index contributed by atoms with van der Waals surface area (Å²) in [5.74, 6) is 3.29. The average Bonchev–Trinajstić information content (AvgIpc) is 3.29. The Balaban J connectivity index is 1.58. The van der Waals surface area contributed by atoms with Crippen molar-refractivity contribution in [1.29, 1.82) is 0 Å². The van der Waals surface area contributed by atoms with E-state index in [-0.39, 0.29) is 12.5 Å². The molecular weight excluding hydrogens is 440 g/mol. The normalized spacial score (nSPS) is 11.9. The van der Waals surface area contributed by atoms with Crippen LogP contribution < -0.4 is 5.73 Å². The lowest BCUT2D eigenvalue weighted by molar-refractivity contribution is 0.0663. The summed E-state index contributed by atoms with van der Waals surface area (Å²) in [5.41, 5.74) is 9.43. The summed E-state index contributed by atoms with van der Waals surface area (Å²) < 4.78 is 1.68. The van der Waals surface area contributed by atoms with Gasteiger partial charge in [-0.2, -0.15) is 5.10 Å². The van der Waals surface area contributed by atoms with E-state index in [1.54, 1.807) is 58.6 Å². The van der Waals surface area contributed by atoms with Gasteiger partial charge in [-0.3, -0.25) is 14.5 Å². The van der Waals surface area contributed by atoms with Crippen LogP contribution in [0.3, 0.4) is 0 Å². The van der Waals surface area contributed by atoms with Gasteiger partial charge in [-0.1, -0.05) is 5.92 Å². The molecule has 0 saturated carbocycles. The first-order chi connectivity index (χ1) is 17.0. The minimum Gasteiger partial charge on any atom is -0.382 e. The smallest absolute Gasteiger partial charge is 0.254 e. The van der Waals surface area contributed by atoms with Crippen LogP contribution in [0.15, 0.2) is 61.2 Å². The maximum absolute atomic E-state index is 13.9. The number of nitrogen functional groups attached to an aromatic ring is 1. The number of pyridine rings is 2. The van der Waals surface area contributed by atoms with Crippen LogP contribution in [0.5, 0.6) is 0 Å². The molecule has 0 aliphatic carbocycles. The van der Waals surface area contributed by atoms with Crippen LogP contribution in [-0.4, -0.2) is 40.5 Å². The molecule has 9 nitrogen and oxygen atoms in total. The van der Waals surface area contributed by atoms with E-state index in [0.29, 0.717) is 34.0 Å². The Morgan fingerprint density at radius 2 is 1.94 bits per heavy atom. The quantitative estimate of drug-likeness (QED) is 0.399.